The van der Waals surface area contributed by atoms with Gasteiger partial charge in [0.2, 0.25) is 0 Å². The fraction of sp³-hybridized carbons (Fsp3) is 0.900. The summed E-state index contributed by atoms with van der Waals surface area (Å²) in [5.74, 6) is 2.65. The van der Waals surface area contributed by atoms with Crippen molar-refractivity contribution in [1.82, 2.24) is 5.32 Å². The van der Waals surface area contributed by atoms with Gasteiger partial charge in [-0.2, -0.15) is 11.8 Å². The molecule has 2 aliphatic rings. The maximum Gasteiger partial charge on any atom is 0.157 e. The molecule has 0 aromatic rings. The molecule has 2 nitrogen and oxygen atoms in total. The lowest BCUT2D eigenvalue weighted by Gasteiger charge is -2.16. The summed E-state index contributed by atoms with van der Waals surface area (Å²) in [5.41, 5.74) is 0. The SMILES string of the molecule is CC1CN=C(NC2CCCSCC2)S1. The Morgan fingerprint density at radius 3 is 3.07 bits per heavy atom. The molecule has 1 saturated heterocycles. The normalized spacial score (nSPS) is 33.6. The van der Waals surface area contributed by atoms with Crippen molar-refractivity contribution in [2.45, 2.75) is 37.5 Å². The molecule has 4 heteroatoms. The lowest BCUT2D eigenvalue weighted by Crippen LogP contribution is -2.32. The summed E-state index contributed by atoms with van der Waals surface area (Å²) in [5, 5.41) is 5.46. The van der Waals surface area contributed by atoms with Crippen molar-refractivity contribution in [1.29, 1.82) is 0 Å². The molecule has 2 aliphatic heterocycles. The van der Waals surface area contributed by atoms with Crippen LogP contribution in [-0.2, 0) is 0 Å². The monoisotopic (exact) mass is 230 g/mol. The van der Waals surface area contributed by atoms with Crippen molar-refractivity contribution in [3.63, 3.8) is 0 Å². The molecule has 2 atom stereocenters. The molecular formula is C10H18N2S2. The van der Waals surface area contributed by atoms with E-state index in [0.29, 0.717) is 11.3 Å². The van der Waals surface area contributed by atoms with Gasteiger partial charge in [-0.05, 0) is 30.8 Å². The lowest BCUT2D eigenvalue weighted by molar-refractivity contribution is 0.553. The predicted octanol–water partition coefficient (Wildman–Crippen LogP) is 2.35. The number of amidine groups is 1. The zero-order chi connectivity index (χ0) is 9.80. The van der Waals surface area contributed by atoms with Crippen LogP contribution in [-0.4, -0.2) is 34.5 Å². The average molecular weight is 230 g/mol. The van der Waals surface area contributed by atoms with Crippen molar-refractivity contribution in [2.24, 2.45) is 4.99 Å². The second kappa shape index (κ2) is 5.31. The number of thioether (sulfide) groups is 2. The fourth-order valence-corrected chi connectivity index (χ4v) is 3.72. The topological polar surface area (TPSA) is 24.4 Å². The summed E-state index contributed by atoms with van der Waals surface area (Å²) < 4.78 is 0. The number of nitrogens with zero attached hydrogens (tertiary/aromatic N) is 1. The first-order chi connectivity index (χ1) is 6.84. The Kier molecular flexibility index (Phi) is 4.05. The van der Waals surface area contributed by atoms with Crippen LogP contribution in [0, 0.1) is 0 Å². The molecule has 0 bridgehead atoms. The van der Waals surface area contributed by atoms with E-state index in [1.807, 2.05) is 11.8 Å². The largest absolute Gasteiger partial charge is 0.362 e. The summed E-state index contributed by atoms with van der Waals surface area (Å²) in [4.78, 5) is 4.50. The van der Waals surface area contributed by atoms with E-state index >= 15 is 0 Å². The molecule has 2 unspecified atom stereocenters. The lowest BCUT2D eigenvalue weighted by atomic mass is 10.1. The summed E-state index contributed by atoms with van der Waals surface area (Å²) >= 11 is 3.99. The molecule has 0 aromatic carbocycles. The Bertz CT molecular complexity index is 210. The fourth-order valence-electron chi connectivity index (χ4n) is 1.78. The quantitative estimate of drug-likeness (QED) is 0.748. The molecule has 0 spiro atoms. The molecule has 0 aliphatic carbocycles. The minimum Gasteiger partial charge on any atom is -0.362 e. The van der Waals surface area contributed by atoms with Crippen LogP contribution in [0.15, 0.2) is 4.99 Å². The summed E-state index contributed by atoms with van der Waals surface area (Å²) in [6.45, 7) is 3.24. The highest BCUT2D eigenvalue weighted by molar-refractivity contribution is 8.14. The van der Waals surface area contributed by atoms with Gasteiger partial charge in [-0.3, -0.25) is 4.99 Å². The van der Waals surface area contributed by atoms with Gasteiger partial charge in [0.05, 0.1) is 6.54 Å². The molecule has 0 aromatic heterocycles. The third-order valence-corrected chi connectivity index (χ3v) is 4.71. The zero-order valence-electron chi connectivity index (χ0n) is 8.66. The van der Waals surface area contributed by atoms with Crippen molar-refractivity contribution in [3.8, 4) is 0 Å². The van der Waals surface area contributed by atoms with Crippen molar-refractivity contribution in [2.75, 3.05) is 18.1 Å². The molecule has 2 heterocycles. The standard InChI is InChI=1S/C10H18N2S2/c1-8-7-11-10(14-8)12-9-3-2-5-13-6-4-9/h8-9H,2-7H2,1H3,(H,11,12). The van der Waals surface area contributed by atoms with E-state index in [0.717, 1.165) is 6.54 Å². The third-order valence-electron chi connectivity index (χ3n) is 2.58. The Morgan fingerprint density at radius 1 is 1.36 bits per heavy atom. The van der Waals surface area contributed by atoms with E-state index in [2.05, 4.69) is 29.0 Å². The van der Waals surface area contributed by atoms with E-state index in [9.17, 15) is 0 Å². The van der Waals surface area contributed by atoms with Crippen LogP contribution in [0.25, 0.3) is 0 Å². The Balaban J connectivity index is 1.78. The van der Waals surface area contributed by atoms with E-state index in [1.54, 1.807) is 0 Å². The highest BCUT2D eigenvalue weighted by Gasteiger charge is 2.19. The van der Waals surface area contributed by atoms with Crippen LogP contribution in [0.3, 0.4) is 0 Å². The molecular weight excluding hydrogens is 212 g/mol. The van der Waals surface area contributed by atoms with Gasteiger partial charge in [0.15, 0.2) is 5.17 Å². The van der Waals surface area contributed by atoms with Gasteiger partial charge in [0.1, 0.15) is 0 Å². The molecule has 1 N–H and O–H groups in total. The van der Waals surface area contributed by atoms with Crippen LogP contribution in [0.4, 0.5) is 0 Å². The Labute approximate surface area is 94.7 Å². The predicted molar refractivity (Wildman–Crippen MR) is 67.5 cm³/mol. The van der Waals surface area contributed by atoms with Gasteiger partial charge in [-0.25, -0.2) is 0 Å². The van der Waals surface area contributed by atoms with Gasteiger partial charge in [-0.1, -0.05) is 18.7 Å². The highest BCUT2D eigenvalue weighted by atomic mass is 32.2. The first-order valence-electron chi connectivity index (χ1n) is 5.40. The maximum atomic E-state index is 4.50. The number of rotatable bonds is 1. The van der Waals surface area contributed by atoms with E-state index in [1.165, 1.54) is 35.9 Å². The zero-order valence-corrected chi connectivity index (χ0v) is 10.3. The number of nitrogens with one attached hydrogen (secondary N) is 1. The number of aliphatic imine (C=N–C) groups is 1. The van der Waals surface area contributed by atoms with Crippen molar-refractivity contribution >= 4 is 28.7 Å². The first kappa shape index (κ1) is 10.7. The Morgan fingerprint density at radius 2 is 2.29 bits per heavy atom. The van der Waals surface area contributed by atoms with Gasteiger partial charge in [0.25, 0.3) is 0 Å². The number of hydrogen-bond donors (Lipinski definition) is 1. The molecule has 80 valence electrons. The third kappa shape index (κ3) is 3.09. The van der Waals surface area contributed by atoms with Crippen molar-refractivity contribution < 1.29 is 0 Å². The van der Waals surface area contributed by atoms with E-state index in [4.69, 9.17) is 0 Å². The summed E-state index contributed by atoms with van der Waals surface area (Å²) in [6.07, 6.45) is 3.98. The summed E-state index contributed by atoms with van der Waals surface area (Å²) in [7, 11) is 0. The minimum atomic E-state index is 0.678. The summed E-state index contributed by atoms with van der Waals surface area (Å²) in [6, 6.07) is 0.682. The molecule has 14 heavy (non-hydrogen) atoms. The van der Waals surface area contributed by atoms with Crippen LogP contribution < -0.4 is 5.32 Å². The van der Waals surface area contributed by atoms with E-state index in [-0.39, 0.29) is 0 Å². The van der Waals surface area contributed by atoms with Crippen LogP contribution in [0.5, 0.6) is 0 Å². The second-order valence-electron chi connectivity index (χ2n) is 3.96. The molecule has 0 amide bonds. The molecule has 0 radical (unpaired) electrons. The minimum absolute atomic E-state index is 0.678. The first-order valence-corrected chi connectivity index (χ1v) is 7.43. The average Bonchev–Trinajstić information content (AvgIpc) is 2.43. The van der Waals surface area contributed by atoms with Crippen LogP contribution in [0.2, 0.25) is 0 Å². The van der Waals surface area contributed by atoms with Crippen LogP contribution >= 0.6 is 23.5 Å². The van der Waals surface area contributed by atoms with Gasteiger partial charge in [-0.15, -0.1) is 0 Å². The number of hydrogen-bond acceptors (Lipinski definition) is 4. The molecule has 2 rings (SSSR count). The van der Waals surface area contributed by atoms with Crippen LogP contribution in [0.1, 0.15) is 26.2 Å². The molecule has 0 saturated carbocycles. The van der Waals surface area contributed by atoms with Gasteiger partial charge < -0.3 is 5.32 Å². The Hall–Kier alpha value is 0.170. The second-order valence-corrected chi connectivity index (χ2v) is 6.61. The molecule has 1 fully saturated rings. The van der Waals surface area contributed by atoms with E-state index < -0.39 is 0 Å². The van der Waals surface area contributed by atoms with Crippen molar-refractivity contribution in [3.05, 3.63) is 0 Å². The maximum absolute atomic E-state index is 4.50. The van der Waals surface area contributed by atoms with Gasteiger partial charge in [0, 0.05) is 11.3 Å². The highest BCUT2D eigenvalue weighted by Crippen LogP contribution is 2.22. The van der Waals surface area contributed by atoms with Gasteiger partial charge >= 0.3 is 0 Å². The smallest absolute Gasteiger partial charge is 0.157 e.